The van der Waals surface area contributed by atoms with Crippen LogP contribution in [0.15, 0.2) is 40.3 Å². The molecule has 1 aromatic rings. The summed E-state index contributed by atoms with van der Waals surface area (Å²) in [6.07, 6.45) is -11.9. The summed E-state index contributed by atoms with van der Waals surface area (Å²) in [4.78, 5) is 6.98. The van der Waals surface area contributed by atoms with E-state index in [1.807, 2.05) is 0 Å². The van der Waals surface area contributed by atoms with Crippen LogP contribution in [0, 0.1) is 0 Å². The number of alkyl halides is 6. The van der Waals surface area contributed by atoms with E-state index in [-0.39, 0.29) is 32.7 Å². The number of ether oxygens (including phenoxy) is 2. The molecule has 148 valence electrons. The molecule has 0 aromatic heterocycles. The fraction of sp³-hybridized carbons (Fsp3) is 0.500. The van der Waals surface area contributed by atoms with Crippen LogP contribution in [-0.4, -0.2) is 61.1 Å². The van der Waals surface area contributed by atoms with Crippen molar-refractivity contribution in [2.45, 2.75) is 24.4 Å². The number of benzene rings is 1. The summed E-state index contributed by atoms with van der Waals surface area (Å²) in [5.74, 6) is -0.702. The predicted molar refractivity (Wildman–Crippen MR) is 83.3 cm³/mol. The van der Waals surface area contributed by atoms with Gasteiger partial charge in [0.25, 0.3) is 6.02 Å². The molecular formula is C16H15F6N3O2. The van der Waals surface area contributed by atoms with E-state index in [0.29, 0.717) is 5.56 Å². The highest BCUT2D eigenvalue weighted by Crippen LogP contribution is 2.48. The average molecular weight is 395 g/mol. The van der Waals surface area contributed by atoms with E-state index in [0.717, 1.165) is 0 Å². The number of hydrogen-bond acceptors (Lipinski definition) is 5. The highest BCUT2D eigenvalue weighted by Gasteiger charge is 2.74. The van der Waals surface area contributed by atoms with Gasteiger partial charge in [0.15, 0.2) is 0 Å². The molecule has 1 aromatic carbocycles. The van der Waals surface area contributed by atoms with Crippen molar-refractivity contribution in [3.63, 3.8) is 0 Å². The van der Waals surface area contributed by atoms with Crippen LogP contribution in [0.5, 0.6) is 0 Å². The Morgan fingerprint density at radius 3 is 2.07 bits per heavy atom. The second-order valence-electron chi connectivity index (χ2n) is 5.93. The van der Waals surface area contributed by atoms with Crippen LogP contribution in [0.25, 0.3) is 0 Å². The minimum absolute atomic E-state index is 0.0588. The Kier molecular flexibility index (Phi) is 5.06. The molecular weight excluding hydrogens is 380 g/mol. The molecule has 3 rings (SSSR count). The lowest BCUT2D eigenvalue weighted by Gasteiger charge is -2.37. The number of hydrogen-bond donors (Lipinski definition) is 0. The summed E-state index contributed by atoms with van der Waals surface area (Å²) in [6.45, 7) is 0.393. The van der Waals surface area contributed by atoms with Gasteiger partial charge in [-0.25, -0.2) is 4.99 Å². The van der Waals surface area contributed by atoms with Gasteiger partial charge in [0.05, 0.1) is 13.2 Å². The molecule has 2 heterocycles. The second kappa shape index (κ2) is 7.02. The molecule has 2 aliphatic rings. The molecule has 0 saturated carbocycles. The van der Waals surface area contributed by atoms with E-state index in [9.17, 15) is 26.3 Å². The molecule has 0 amide bonds. The standard InChI is InChI=1S/C16H15F6N3O2/c17-15(18,19)14(16(20,21)22)23-12(10-11-4-2-1-3-5-11)27-13(24-14)25-6-8-26-9-7-25/h1-5H,6-10H2. The molecule has 0 unspecified atom stereocenters. The van der Waals surface area contributed by atoms with Crippen LogP contribution in [0.3, 0.4) is 0 Å². The normalized spacial score (nSPS) is 20.6. The zero-order valence-corrected chi connectivity index (χ0v) is 13.8. The fourth-order valence-electron chi connectivity index (χ4n) is 2.65. The smallest absolute Gasteiger partial charge is 0.411 e. The van der Waals surface area contributed by atoms with E-state index in [1.54, 1.807) is 30.3 Å². The van der Waals surface area contributed by atoms with Gasteiger partial charge in [-0.1, -0.05) is 30.3 Å². The molecule has 5 nitrogen and oxygen atoms in total. The van der Waals surface area contributed by atoms with Crippen molar-refractivity contribution in [1.82, 2.24) is 4.90 Å². The maximum absolute atomic E-state index is 13.5. The van der Waals surface area contributed by atoms with Crippen molar-refractivity contribution in [2.24, 2.45) is 9.98 Å². The Morgan fingerprint density at radius 2 is 1.52 bits per heavy atom. The molecule has 2 aliphatic heterocycles. The van der Waals surface area contributed by atoms with Crippen molar-refractivity contribution in [3.05, 3.63) is 35.9 Å². The first-order valence-corrected chi connectivity index (χ1v) is 7.99. The SMILES string of the molecule is FC(F)(F)C1(C(F)(F)F)N=C(Cc2ccccc2)OC(N2CCOCC2)=N1. The number of rotatable bonds is 2. The first-order valence-electron chi connectivity index (χ1n) is 7.99. The number of amidine groups is 1. The highest BCUT2D eigenvalue weighted by atomic mass is 19.4. The van der Waals surface area contributed by atoms with Crippen molar-refractivity contribution < 1.29 is 35.8 Å². The fourth-order valence-corrected chi connectivity index (χ4v) is 2.65. The molecule has 0 bridgehead atoms. The summed E-state index contributed by atoms with van der Waals surface area (Å²) in [7, 11) is 0. The number of aliphatic imine (C=N–C) groups is 2. The van der Waals surface area contributed by atoms with Gasteiger partial charge in [0, 0.05) is 19.5 Å². The minimum atomic E-state index is -5.78. The Labute approximate surface area is 150 Å². The van der Waals surface area contributed by atoms with Crippen molar-refractivity contribution in [2.75, 3.05) is 26.3 Å². The largest absolute Gasteiger partial charge is 0.443 e. The van der Waals surface area contributed by atoms with E-state index < -0.39 is 29.9 Å². The van der Waals surface area contributed by atoms with E-state index in [2.05, 4.69) is 9.98 Å². The van der Waals surface area contributed by atoms with Crippen LogP contribution in [-0.2, 0) is 15.9 Å². The Hall–Kier alpha value is -2.30. The lowest BCUT2D eigenvalue weighted by molar-refractivity contribution is -0.293. The molecule has 1 fully saturated rings. The van der Waals surface area contributed by atoms with Crippen LogP contribution >= 0.6 is 0 Å². The average Bonchev–Trinajstić information content (AvgIpc) is 2.61. The van der Waals surface area contributed by atoms with Gasteiger partial charge in [-0.05, 0) is 5.56 Å². The van der Waals surface area contributed by atoms with Gasteiger partial charge in [-0.3, -0.25) is 0 Å². The molecule has 27 heavy (non-hydrogen) atoms. The Balaban J connectivity index is 2.05. The van der Waals surface area contributed by atoms with Crippen molar-refractivity contribution in [3.8, 4) is 0 Å². The maximum Gasteiger partial charge on any atom is 0.443 e. The summed E-state index contributed by atoms with van der Waals surface area (Å²) in [6, 6.07) is 7.23. The van der Waals surface area contributed by atoms with E-state index >= 15 is 0 Å². The van der Waals surface area contributed by atoms with Crippen LogP contribution in [0.1, 0.15) is 5.56 Å². The quantitative estimate of drug-likeness (QED) is 0.723. The van der Waals surface area contributed by atoms with Gasteiger partial charge in [-0.15, -0.1) is 0 Å². The van der Waals surface area contributed by atoms with Crippen LogP contribution in [0.4, 0.5) is 26.3 Å². The topological polar surface area (TPSA) is 46.4 Å². The summed E-state index contributed by atoms with van der Waals surface area (Å²) >= 11 is 0. The third-order valence-electron chi connectivity index (χ3n) is 4.02. The number of nitrogens with zero attached hydrogens (tertiary/aromatic N) is 3. The summed E-state index contributed by atoms with van der Waals surface area (Å²) in [5.41, 5.74) is -4.14. The Morgan fingerprint density at radius 1 is 0.926 bits per heavy atom. The zero-order chi connectivity index (χ0) is 19.7. The summed E-state index contributed by atoms with van der Waals surface area (Å²) in [5, 5.41) is 0. The molecule has 11 heteroatoms. The molecule has 0 N–H and O–H groups in total. The Bertz CT molecular complexity index is 710. The van der Waals surface area contributed by atoms with Gasteiger partial charge in [0.2, 0.25) is 5.90 Å². The molecule has 1 saturated heterocycles. The first kappa shape index (κ1) is 19.5. The molecule has 0 spiro atoms. The van der Waals surface area contributed by atoms with Gasteiger partial charge in [-0.2, -0.15) is 31.3 Å². The van der Waals surface area contributed by atoms with Gasteiger partial charge in [0.1, 0.15) is 0 Å². The van der Waals surface area contributed by atoms with Gasteiger partial charge >= 0.3 is 18.0 Å². The van der Waals surface area contributed by atoms with Crippen molar-refractivity contribution >= 4 is 11.9 Å². The first-order chi connectivity index (χ1) is 12.6. The monoisotopic (exact) mass is 395 g/mol. The summed E-state index contributed by atoms with van der Waals surface area (Å²) < 4.78 is 91.4. The zero-order valence-electron chi connectivity index (χ0n) is 13.8. The van der Waals surface area contributed by atoms with Crippen LogP contribution < -0.4 is 0 Å². The lowest BCUT2D eigenvalue weighted by Crippen LogP contribution is -2.58. The number of morpholine rings is 1. The third-order valence-corrected chi connectivity index (χ3v) is 4.02. The molecule has 0 aliphatic carbocycles. The highest BCUT2D eigenvalue weighted by molar-refractivity contribution is 5.93. The maximum atomic E-state index is 13.5. The lowest BCUT2D eigenvalue weighted by atomic mass is 10.1. The molecule has 0 atom stereocenters. The molecule has 0 radical (unpaired) electrons. The van der Waals surface area contributed by atoms with E-state index in [1.165, 1.54) is 4.90 Å². The van der Waals surface area contributed by atoms with Crippen molar-refractivity contribution in [1.29, 1.82) is 0 Å². The second-order valence-corrected chi connectivity index (χ2v) is 5.93. The van der Waals surface area contributed by atoms with E-state index in [4.69, 9.17) is 9.47 Å². The van der Waals surface area contributed by atoms with Crippen LogP contribution in [0.2, 0.25) is 0 Å². The third kappa shape index (κ3) is 3.87. The van der Waals surface area contributed by atoms with Gasteiger partial charge < -0.3 is 14.4 Å². The predicted octanol–water partition coefficient (Wildman–Crippen LogP) is 3.17. The minimum Gasteiger partial charge on any atom is -0.411 e. The number of halogens is 6.